The summed E-state index contributed by atoms with van der Waals surface area (Å²) >= 11 is 0. The Kier molecular flexibility index (Phi) is 4.16. The Morgan fingerprint density at radius 2 is 1.75 bits per heavy atom. The summed E-state index contributed by atoms with van der Waals surface area (Å²) in [4.78, 5) is 14.1. The van der Waals surface area contributed by atoms with Crippen LogP contribution in [0.2, 0.25) is 0 Å². The SMILES string of the molecule is C[C@@H]1C[C@H](C)CN(C2CCN(c3ncnc4c3cnn4C)CC2)C1. The van der Waals surface area contributed by atoms with Crippen LogP contribution in [0.5, 0.6) is 0 Å². The van der Waals surface area contributed by atoms with E-state index in [-0.39, 0.29) is 0 Å². The topological polar surface area (TPSA) is 50.1 Å². The summed E-state index contributed by atoms with van der Waals surface area (Å²) in [6, 6.07) is 0.734. The van der Waals surface area contributed by atoms with Crippen LogP contribution in [-0.4, -0.2) is 56.9 Å². The molecule has 6 heteroatoms. The van der Waals surface area contributed by atoms with E-state index in [4.69, 9.17) is 0 Å². The van der Waals surface area contributed by atoms with E-state index < -0.39 is 0 Å². The number of aryl methyl sites for hydroxylation is 1. The molecule has 4 heterocycles. The monoisotopic (exact) mass is 328 g/mol. The standard InChI is InChI=1S/C18H28N6/c1-13-8-14(2)11-24(10-13)15-4-6-23(7-5-15)18-16-9-21-22(3)17(16)19-12-20-18/h9,12-15H,4-8,10-11H2,1-3H3/t13-,14+. The Labute approximate surface area is 143 Å². The minimum Gasteiger partial charge on any atom is -0.356 e. The van der Waals surface area contributed by atoms with Crippen LogP contribution >= 0.6 is 0 Å². The normalized spacial score (nSPS) is 27.0. The molecule has 2 aliphatic rings. The lowest BCUT2D eigenvalue weighted by Gasteiger charge is -2.43. The first kappa shape index (κ1) is 15.8. The lowest BCUT2D eigenvalue weighted by Crippen LogP contribution is -2.50. The van der Waals surface area contributed by atoms with Crippen molar-refractivity contribution in [3.05, 3.63) is 12.5 Å². The third kappa shape index (κ3) is 2.88. The number of piperidine rings is 2. The first-order chi connectivity index (χ1) is 11.6. The van der Waals surface area contributed by atoms with E-state index in [0.717, 1.165) is 47.8 Å². The number of aromatic nitrogens is 4. The van der Waals surface area contributed by atoms with Gasteiger partial charge in [0.1, 0.15) is 12.1 Å². The summed E-state index contributed by atoms with van der Waals surface area (Å²) in [5, 5.41) is 5.40. The van der Waals surface area contributed by atoms with Crippen LogP contribution < -0.4 is 4.90 Å². The maximum absolute atomic E-state index is 4.55. The van der Waals surface area contributed by atoms with Crippen LogP contribution in [0.25, 0.3) is 11.0 Å². The summed E-state index contributed by atoms with van der Waals surface area (Å²) in [7, 11) is 1.93. The molecule has 2 saturated heterocycles. The first-order valence-electron chi connectivity index (χ1n) is 9.23. The first-order valence-corrected chi connectivity index (χ1v) is 9.23. The molecule has 0 aromatic carbocycles. The van der Waals surface area contributed by atoms with Crippen molar-refractivity contribution in [2.24, 2.45) is 18.9 Å². The van der Waals surface area contributed by atoms with Gasteiger partial charge in [-0.1, -0.05) is 13.8 Å². The molecule has 2 fully saturated rings. The van der Waals surface area contributed by atoms with E-state index in [9.17, 15) is 0 Å². The number of hydrogen-bond donors (Lipinski definition) is 0. The maximum Gasteiger partial charge on any atom is 0.163 e. The van der Waals surface area contributed by atoms with Gasteiger partial charge in [-0.15, -0.1) is 0 Å². The van der Waals surface area contributed by atoms with Crippen molar-refractivity contribution < 1.29 is 0 Å². The second-order valence-corrected chi connectivity index (χ2v) is 7.82. The third-order valence-electron chi connectivity index (χ3n) is 5.69. The molecule has 0 amide bonds. The largest absolute Gasteiger partial charge is 0.356 e. The summed E-state index contributed by atoms with van der Waals surface area (Å²) in [5.74, 6) is 2.72. The smallest absolute Gasteiger partial charge is 0.163 e. The van der Waals surface area contributed by atoms with Crippen molar-refractivity contribution in [1.29, 1.82) is 0 Å². The zero-order valence-electron chi connectivity index (χ0n) is 15.0. The minimum atomic E-state index is 0.734. The van der Waals surface area contributed by atoms with Gasteiger partial charge < -0.3 is 4.90 Å². The Balaban J connectivity index is 1.46. The van der Waals surface area contributed by atoms with Gasteiger partial charge in [-0.25, -0.2) is 9.97 Å². The zero-order valence-corrected chi connectivity index (χ0v) is 15.0. The fourth-order valence-electron chi connectivity index (χ4n) is 4.65. The lowest BCUT2D eigenvalue weighted by atomic mass is 9.89. The average Bonchev–Trinajstić information content (AvgIpc) is 2.96. The molecule has 130 valence electrons. The third-order valence-corrected chi connectivity index (χ3v) is 5.69. The van der Waals surface area contributed by atoms with Gasteiger partial charge in [0, 0.05) is 39.3 Å². The minimum absolute atomic E-state index is 0.734. The molecule has 2 aromatic rings. The molecule has 0 bridgehead atoms. The van der Waals surface area contributed by atoms with Crippen molar-refractivity contribution in [2.45, 2.75) is 39.2 Å². The Bertz CT molecular complexity index is 693. The molecular formula is C18H28N6. The van der Waals surface area contributed by atoms with E-state index in [0.29, 0.717) is 0 Å². The Morgan fingerprint density at radius 3 is 2.46 bits per heavy atom. The predicted octanol–water partition coefficient (Wildman–Crippen LogP) is 2.31. The lowest BCUT2D eigenvalue weighted by molar-refractivity contribution is 0.0825. The highest BCUT2D eigenvalue weighted by Gasteiger charge is 2.30. The van der Waals surface area contributed by atoms with E-state index in [1.165, 1.54) is 32.4 Å². The van der Waals surface area contributed by atoms with Gasteiger partial charge in [0.25, 0.3) is 0 Å². The number of likely N-dealkylation sites (tertiary alicyclic amines) is 1. The number of fused-ring (bicyclic) bond motifs is 1. The Morgan fingerprint density at radius 1 is 1.04 bits per heavy atom. The van der Waals surface area contributed by atoms with Crippen LogP contribution in [0, 0.1) is 11.8 Å². The molecular weight excluding hydrogens is 300 g/mol. The van der Waals surface area contributed by atoms with Crippen molar-refractivity contribution in [3.63, 3.8) is 0 Å². The van der Waals surface area contributed by atoms with Gasteiger partial charge in [0.05, 0.1) is 11.6 Å². The number of anilines is 1. The van der Waals surface area contributed by atoms with Crippen LogP contribution in [0.4, 0.5) is 5.82 Å². The summed E-state index contributed by atoms with van der Waals surface area (Å²) in [5.41, 5.74) is 0.917. The second kappa shape index (κ2) is 6.31. The molecule has 2 aliphatic heterocycles. The van der Waals surface area contributed by atoms with Gasteiger partial charge in [-0.3, -0.25) is 9.58 Å². The highest BCUT2D eigenvalue weighted by atomic mass is 15.3. The molecule has 0 N–H and O–H groups in total. The molecule has 0 spiro atoms. The molecule has 6 nitrogen and oxygen atoms in total. The highest BCUT2D eigenvalue weighted by molar-refractivity contribution is 5.86. The van der Waals surface area contributed by atoms with Crippen molar-refractivity contribution in [3.8, 4) is 0 Å². The zero-order chi connectivity index (χ0) is 16.7. The quantitative estimate of drug-likeness (QED) is 0.847. The van der Waals surface area contributed by atoms with Crippen molar-refractivity contribution >= 4 is 16.9 Å². The van der Waals surface area contributed by atoms with Crippen molar-refractivity contribution in [2.75, 3.05) is 31.1 Å². The van der Waals surface area contributed by atoms with E-state index >= 15 is 0 Å². The van der Waals surface area contributed by atoms with Gasteiger partial charge >= 0.3 is 0 Å². The number of rotatable bonds is 2. The fraction of sp³-hybridized carbons (Fsp3) is 0.722. The van der Waals surface area contributed by atoms with Gasteiger partial charge in [0.2, 0.25) is 0 Å². The fourth-order valence-corrected chi connectivity index (χ4v) is 4.65. The van der Waals surface area contributed by atoms with Crippen LogP contribution in [0.3, 0.4) is 0 Å². The van der Waals surface area contributed by atoms with E-state index in [1.54, 1.807) is 6.33 Å². The van der Waals surface area contributed by atoms with Gasteiger partial charge in [-0.2, -0.15) is 5.10 Å². The van der Waals surface area contributed by atoms with Crippen LogP contribution in [0.15, 0.2) is 12.5 Å². The molecule has 4 rings (SSSR count). The molecule has 2 aromatic heterocycles. The number of hydrogen-bond acceptors (Lipinski definition) is 5. The summed E-state index contributed by atoms with van der Waals surface area (Å²) < 4.78 is 1.82. The molecule has 0 saturated carbocycles. The average molecular weight is 328 g/mol. The second-order valence-electron chi connectivity index (χ2n) is 7.82. The van der Waals surface area contributed by atoms with Crippen LogP contribution in [-0.2, 0) is 7.05 Å². The molecule has 0 aliphatic carbocycles. The molecule has 24 heavy (non-hydrogen) atoms. The molecule has 0 radical (unpaired) electrons. The van der Waals surface area contributed by atoms with Gasteiger partial charge in [-0.05, 0) is 31.1 Å². The van der Waals surface area contributed by atoms with Crippen molar-refractivity contribution in [1.82, 2.24) is 24.6 Å². The Hall–Kier alpha value is -1.69. The summed E-state index contributed by atoms with van der Waals surface area (Å²) in [6.07, 6.45) is 7.40. The summed E-state index contributed by atoms with van der Waals surface area (Å²) in [6.45, 7) is 9.50. The van der Waals surface area contributed by atoms with Gasteiger partial charge in [0.15, 0.2) is 5.65 Å². The number of nitrogens with zero attached hydrogens (tertiary/aromatic N) is 6. The molecule has 2 atom stereocenters. The molecule has 0 unspecified atom stereocenters. The van der Waals surface area contributed by atoms with E-state index in [2.05, 4.69) is 38.7 Å². The predicted molar refractivity (Wildman–Crippen MR) is 96.1 cm³/mol. The maximum atomic E-state index is 4.55. The van der Waals surface area contributed by atoms with E-state index in [1.807, 2.05) is 17.9 Å². The van der Waals surface area contributed by atoms with Crippen LogP contribution in [0.1, 0.15) is 33.1 Å². The highest BCUT2D eigenvalue weighted by Crippen LogP contribution is 2.29.